The van der Waals surface area contributed by atoms with E-state index in [0.717, 1.165) is 11.1 Å². The van der Waals surface area contributed by atoms with Gasteiger partial charge in [0.15, 0.2) is 11.6 Å². The lowest BCUT2D eigenvalue weighted by molar-refractivity contribution is -0.00581. The average Bonchev–Trinajstić information content (AvgIpc) is 2.72. The van der Waals surface area contributed by atoms with Crippen molar-refractivity contribution in [3.63, 3.8) is 0 Å². The van der Waals surface area contributed by atoms with Gasteiger partial charge in [0, 0.05) is 31.5 Å². The number of nitrogens with zero attached hydrogens (tertiary/aromatic N) is 1. The SMILES string of the molecule is Cc1cc(C)c2c(c1)OC1(CCN(C(=O)c3ccc4c(c3)C(=O)CC(C)(C)O4)CC1)CC2=O. The molecule has 0 radical (unpaired) electrons. The lowest BCUT2D eigenvalue weighted by atomic mass is 9.81. The van der Waals surface area contributed by atoms with Crippen molar-refractivity contribution >= 4 is 17.5 Å². The molecule has 3 aliphatic rings. The van der Waals surface area contributed by atoms with E-state index in [1.807, 2.05) is 39.8 Å². The van der Waals surface area contributed by atoms with Gasteiger partial charge in [-0.1, -0.05) is 6.07 Å². The van der Waals surface area contributed by atoms with Gasteiger partial charge in [-0.15, -0.1) is 0 Å². The maximum atomic E-state index is 13.2. The largest absolute Gasteiger partial charge is 0.487 e. The van der Waals surface area contributed by atoms with E-state index >= 15 is 0 Å². The van der Waals surface area contributed by atoms with Crippen LogP contribution in [0.1, 0.15) is 81.7 Å². The van der Waals surface area contributed by atoms with Crippen molar-refractivity contribution in [1.82, 2.24) is 4.90 Å². The van der Waals surface area contributed by atoms with Gasteiger partial charge in [-0.3, -0.25) is 14.4 Å². The summed E-state index contributed by atoms with van der Waals surface area (Å²) in [6.45, 7) is 8.72. The third-order valence-corrected chi connectivity index (χ3v) is 6.99. The molecule has 0 bridgehead atoms. The summed E-state index contributed by atoms with van der Waals surface area (Å²) in [5.74, 6) is 1.19. The van der Waals surface area contributed by atoms with E-state index in [2.05, 4.69) is 0 Å². The van der Waals surface area contributed by atoms with E-state index in [1.54, 1.807) is 23.1 Å². The molecule has 3 heterocycles. The summed E-state index contributed by atoms with van der Waals surface area (Å²) < 4.78 is 12.3. The predicted molar refractivity (Wildman–Crippen MR) is 123 cm³/mol. The Morgan fingerprint density at radius 3 is 2.36 bits per heavy atom. The number of aryl methyl sites for hydroxylation is 2. The highest BCUT2D eigenvalue weighted by molar-refractivity contribution is 6.04. The van der Waals surface area contributed by atoms with Gasteiger partial charge in [-0.05, 0) is 63.1 Å². The van der Waals surface area contributed by atoms with Crippen molar-refractivity contribution in [3.8, 4) is 11.5 Å². The summed E-state index contributed by atoms with van der Waals surface area (Å²) in [6.07, 6.45) is 1.82. The molecule has 1 amide bonds. The minimum absolute atomic E-state index is 0.00753. The lowest BCUT2D eigenvalue weighted by Gasteiger charge is -2.44. The maximum absolute atomic E-state index is 13.2. The molecule has 2 aromatic rings. The smallest absolute Gasteiger partial charge is 0.253 e. The maximum Gasteiger partial charge on any atom is 0.253 e. The van der Waals surface area contributed by atoms with Crippen LogP contribution in [0, 0.1) is 13.8 Å². The molecule has 1 fully saturated rings. The number of benzene rings is 2. The third-order valence-electron chi connectivity index (χ3n) is 6.99. The first-order valence-electron chi connectivity index (χ1n) is 11.5. The summed E-state index contributed by atoms with van der Waals surface area (Å²) >= 11 is 0. The number of amides is 1. The number of hydrogen-bond donors (Lipinski definition) is 0. The Balaban J connectivity index is 1.32. The molecule has 3 aliphatic heterocycles. The number of Topliss-reactive ketones (excluding diaryl/α,β-unsaturated/α-hetero) is 2. The summed E-state index contributed by atoms with van der Waals surface area (Å²) in [4.78, 5) is 40.5. The van der Waals surface area contributed by atoms with Gasteiger partial charge in [0.1, 0.15) is 22.7 Å². The Bertz CT molecular complexity index is 1190. The molecule has 33 heavy (non-hydrogen) atoms. The fraction of sp³-hybridized carbons (Fsp3) is 0.444. The zero-order valence-electron chi connectivity index (χ0n) is 19.6. The average molecular weight is 448 g/mol. The molecule has 6 heteroatoms. The van der Waals surface area contributed by atoms with Crippen LogP contribution in [0.5, 0.6) is 11.5 Å². The van der Waals surface area contributed by atoms with E-state index in [9.17, 15) is 14.4 Å². The van der Waals surface area contributed by atoms with Crippen LogP contribution in [-0.4, -0.2) is 46.7 Å². The molecule has 2 aromatic carbocycles. The quantitative estimate of drug-likeness (QED) is 0.634. The fourth-order valence-electron chi connectivity index (χ4n) is 5.38. The number of fused-ring (bicyclic) bond motifs is 2. The molecule has 0 saturated carbocycles. The second-order valence-electron chi connectivity index (χ2n) is 10.3. The summed E-state index contributed by atoms with van der Waals surface area (Å²) in [5, 5.41) is 0. The molecule has 0 unspecified atom stereocenters. The number of likely N-dealkylation sites (tertiary alicyclic amines) is 1. The van der Waals surface area contributed by atoms with Crippen LogP contribution in [0.4, 0.5) is 0 Å². The minimum Gasteiger partial charge on any atom is -0.487 e. The van der Waals surface area contributed by atoms with E-state index in [-0.39, 0.29) is 23.9 Å². The highest BCUT2D eigenvalue weighted by atomic mass is 16.5. The number of piperidine rings is 1. The molecule has 1 saturated heterocycles. The second kappa shape index (κ2) is 7.44. The Morgan fingerprint density at radius 1 is 0.909 bits per heavy atom. The molecule has 1 spiro atoms. The van der Waals surface area contributed by atoms with Crippen molar-refractivity contribution < 1.29 is 23.9 Å². The van der Waals surface area contributed by atoms with Crippen LogP contribution in [-0.2, 0) is 0 Å². The first-order valence-corrected chi connectivity index (χ1v) is 11.5. The number of carbonyl (C=O) groups excluding carboxylic acids is 3. The van der Waals surface area contributed by atoms with E-state index in [1.165, 1.54) is 0 Å². The van der Waals surface area contributed by atoms with Gasteiger partial charge in [-0.25, -0.2) is 0 Å². The van der Waals surface area contributed by atoms with Crippen LogP contribution in [0.15, 0.2) is 30.3 Å². The summed E-state index contributed by atoms with van der Waals surface area (Å²) in [5.41, 5.74) is 2.56. The van der Waals surface area contributed by atoms with Gasteiger partial charge in [0.25, 0.3) is 5.91 Å². The van der Waals surface area contributed by atoms with E-state index in [4.69, 9.17) is 9.47 Å². The van der Waals surface area contributed by atoms with Crippen LogP contribution in [0.25, 0.3) is 0 Å². The molecule has 0 aromatic heterocycles. The van der Waals surface area contributed by atoms with Gasteiger partial charge in [0.2, 0.25) is 0 Å². The zero-order chi connectivity index (χ0) is 23.5. The Labute approximate surface area is 193 Å². The highest BCUT2D eigenvalue weighted by Gasteiger charge is 2.44. The van der Waals surface area contributed by atoms with Crippen molar-refractivity contribution in [1.29, 1.82) is 0 Å². The zero-order valence-corrected chi connectivity index (χ0v) is 19.6. The van der Waals surface area contributed by atoms with Crippen LogP contribution < -0.4 is 9.47 Å². The molecule has 0 aliphatic carbocycles. The minimum atomic E-state index is -0.563. The number of ether oxygens (including phenoxy) is 2. The molecule has 0 atom stereocenters. The molecular formula is C27H29NO5. The standard InChI is InChI=1S/C27H29NO5/c1-16-11-17(2)24-21(30)15-27(33-23(24)12-16)7-9-28(10-8-27)25(31)18-5-6-22-19(13-18)20(29)14-26(3,4)32-22/h5-6,11-13H,7-10,14-15H2,1-4H3. The Morgan fingerprint density at radius 2 is 1.64 bits per heavy atom. The molecular weight excluding hydrogens is 418 g/mol. The topological polar surface area (TPSA) is 72.9 Å². The van der Waals surface area contributed by atoms with Crippen molar-refractivity contribution in [3.05, 3.63) is 58.1 Å². The van der Waals surface area contributed by atoms with Crippen molar-refractivity contribution in [2.75, 3.05) is 13.1 Å². The van der Waals surface area contributed by atoms with Gasteiger partial charge < -0.3 is 14.4 Å². The second-order valence-corrected chi connectivity index (χ2v) is 10.3. The summed E-state index contributed by atoms with van der Waals surface area (Å²) in [6, 6.07) is 9.04. The molecule has 0 N–H and O–H groups in total. The molecule has 5 rings (SSSR count). The van der Waals surface area contributed by atoms with Crippen LogP contribution >= 0.6 is 0 Å². The van der Waals surface area contributed by atoms with Gasteiger partial charge >= 0.3 is 0 Å². The fourth-order valence-corrected chi connectivity index (χ4v) is 5.38. The van der Waals surface area contributed by atoms with Crippen LogP contribution in [0.3, 0.4) is 0 Å². The van der Waals surface area contributed by atoms with E-state index in [0.29, 0.717) is 60.5 Å². The van der Waals surface area contributed by atoms with Gasteiger partial charge in [0.05, 0.1) is 24.0 Å². The number of carbonyl (C=O) groups is 3. The van der Waals surface area contributed by atoms with Gasteiger partial charge in [-0.2, -0.15) is 0 Å². The van der Waals surface area contributed by atoms with E-state index < -0.39 is 11.2 Å². The third kappa shape index (κ3) is 3.81. The lowest BCUT2D eigenvalue weighted by Crippen LogP contribution is -2.52. The van der Waals surface area contributed by atoms with Crippen molar-refractivity contribution in [2.24, 2.45) is 0 Å². The normalized spacial score (nSPS) is 20.5. The highest BCUT2D eigenvalue weighted by Crippen LogP contribution is 2.41. The Kier molecular flexibility index (Phi) is 4.89. The van der Waals surface area contributed by atoms with Crippen LogP contribution in [0.2, 0.25) is 0 Å². The van der Waals surface area contributed by atoms with Crippen molar-refractivity contribution in [2.45, 2.75) is 64.6 Å². The number of ketones is 2. The molecule has 6 nitrogen and oxygen atoms in total. The monoisotopic (exact) mass is 447 g/mol. The Hall–Kier alpha value is -3.15. The first-order chi connectivity index (χ1) is 15.6. The molecule has 172 valence electrons. The summed E-state index contributed by atoms with van der Waals surface area (Å²) in [7, 11) is 0. The first kappa shape index (κ1) is 21.7. The predicted octanol–water partition coefficient (Wildman–Crippen LogP) is 4.69. The number of hydrogen-bond acceptors (Lipinski definition) is 5. The number of rotatable bonds is 1.